The quantitative estimate of drug-likeness (QED) is 0.695. The molecule has 0 bridgehead atoms. The van der Waals surface area contributed by atoms with E-state index >= 15 is 0 Å². The summed E-state index contributed by atoms with van der Waals surface area (Å²) in [6, 6.07) is 0. The first-order valence-corrected chi connectivity index (χ1v) is 5.78. The number of halogens is 1. The molecular formula is C11H12ClN3O. The molecule has 1 saturated heterocycles. The fraction of sp³-hybridized carbons (Fsp3) is 0.455. The summed E-state index contributed by atoms with van der Waals surface area (Å²) in [7, 11) is 0. The molecule has 3 rings (SSSR count). The van der Waals surface area contributed by atoms with E-state index in [2.05, 4.69) is 20.9 Å². The molecule has 1 aliphatic heterocycles. The Morgan fingerprint density at radius 1 is 1.25 bits per heavy atom. The molecule has 0 unspecified atom stereocenters. The molecule has 84 valence electrons. The van der Waals surface area contributed by atoms with Crippen LogP contribution in [0.25, 0.3) is 6.08 Å². The summed E-state index contributed by atoms with van der Waals surface area (Å²) in [5.41, 5.74) is 2.15. The van der Waals surface area contributed by atoms with Gasteiger partial charge in [-0.05, 0) is 24.1 Å². The number of ether oxygens (including phenoxy) is 1. The van der Waals surface area contributed by atoms with Crippen molar-refractivity contribution in [1.29, 1.82) is 0 Å². The minimum absolute atomic E-state index is 0.326. The van der Waals surface area contributed by atoms with Gasteiger partial charge in [-0.25, -0.2) is 9.97 Å². The monoisotopic (exact) mass is 237 g/mol. The number of hydrogen-bond donors (Lipinski definition) is 0. The summed E-state index contributed by atoms with van der Waals surface area (Å²) < 4.78 is 5.34. The van der Waals surface area contributed by atoms with Gasteiger partial charge in [0.25, 0.3) is 0 Å². The van der Waals surface area contributed by atoms with E-state index in [0.29, 0.717) is 5.28 Å². The van der Waals surface area contributed by atoms with Crippen LogP contribution in [0.5, 0.6) is 0 Å². The van der Waals surface area contributed by atoms with Gasteiger partial charge >= 0.3 is 0 Å². The first kappa shape index (κ1) is 10.1. The van der Waals surface area contributed by atoms with Crippen LogP contribution < -0.4 is 4.90 Å². The lowest BCUT2D eigenvalue weighted by atomic mass is 10.2. The van der Waals surface area contributed by atoms with Crippen LogP contribution in [0.15, 0.2) is 6.08 Å². The number of aromatic nitrogens is 2. The lowest BCUT2D eigenvalue weighted by molar-refractivity contribution is 0.122. The maximum Gasteiger partial charge on any atom is 0.224 e. The van der Waals surface area contributed by atoms with Crippen molar-refractivity contribution in [3.05, 3.63) is 22.6 Å². The van der Waals surface area contributed by atoms with Gasteiger partial charge in [0, 0.05) is 18.7 Å². The number of allylic oxidation sites excluding steroid dienone is 1. The van der Waals surface area contributed by atoms with Gasteiger partial charge in [-0.1, -0.05) is 6.08 Å². The minimum Gasteiger partial charge on any atom is -0.378 e. The number of rotatable bonds is 1. The second kappa shape index (κ2) is 4.03. The Bertz CT molecular complexity index is 441. The minimum atomic E-state index is 0.326. The molecule has 1 aromatic heterocycles. The van der Waals surface area contributed by atoms with Crippen molar-refractivity contribution < 1.29 is 4.74 Å². The Labute approximate surface area is 98.9 Å². The molecule has 2 heterocycles. The SMILES string of the molecule is Clc1nc2c(c(N3CCOCC3)n1)CC=C2. The number of hydrogen-bond acceptors (Lipinski definition) is 4. The Hall–Kier alpha value is -1.13. The van der Waals surface area contributed by atoms with Gasteiger partial charge in [-0.2, -0.15) is 0 Å². The van der Waals surface area contributed by atoms with Crippen LogP contribution in [-0.4, -0.2) is 36.3 Å². The summed E-state index contributed by atoms with van der Waals surface area (Å²) in [6.07, 6.45) is 5.01. The molecule has 0 atom stereocenters. The number of nitrogens with zero attached hydrogens (tertiary/aromatic N) is 3. The Balaban J connectivity index is 2.00. The Morgan fingerprint density at radius 2 is 2.06 bits per heavy atom. The third-order valence-corrected chi connectivity index (χ3v) is 3.07. The van der Waals surface area contributed by atoms with Gasteiger partial charge in [0.05, 0.1) is 18.9 Å². The van der Waals surface area contributed by atoms with Crippen molar-refractivity contribution in [1.82, 2.24) is 9.97 Å². The van der Waals surface area contributed by atoms with E-state index in [4.69, 9.17) is 16.3 Å². The fourth-order valence-electron chi connectivity index (χ4n) is 2.12. The largest absolute Gasteiger partial charge is 0.378 e. The zero-order chi connectivity index (χ0) is 11.0. The normalized spacial score (nSPS) is 18.9. The van der Waals surface area contributed by atoms with Gasteiger partial charge < -0.3 is 9.64 Å². The summed E-state index contributed by atoms with van der Waals surface area (Å²) in [5.74, 6) is 0.975. The Morgan fingerprint density at radius 3 is 2.88 bits per heavy atom. The highest BCUT2D eigenvalue weighted by Gasteiger charge is 2.21. The smallest absolute Gasteiger partial charge is 0.224 e. The van der Waals surface area contributed by atoms with Crippen LogP contribution in [0.3, 0.4) is 0 Å². The highest BCUT2D eigenvalue weighted by atomic mass is 35.5. The lowest BCUT2D eigenvalue weighted by Crippen LogP contribution is -2.37. The van der Waals surface area contributed by atoms with Crippen LogP contribution >= 0.6 is 11.6 Å². The molecular weight excluding hydrogens is 226 g/mol. The molecule has 5 heteroatoms. The zero-order valence-electron chi connectivity index (χ0n) is 8.82. The second-order valence-corrected chi connectivity index (χ2v) is 4.22. The van der Waals surface area contributed by atoms with E-state index in [-0.39, 0.29) is 0 Å². The molecule has 0 radical (unpaired) electrons. The first-order valence-electron chi connectivity index (χ1n) is 5.40. The molecule has 4 nitrogen and oxygen atoms in total. The molecule has 2 aliphatic rings. The first-order chi connectivity index (χ1) is 7.84. The Kier molecular flexibility index (Phi) is 2.53. The van der Waals surface area contributed by atoms with Gasteiger partial charge in [0.15, 0.2) is 0 Å². The summed E-state index contributed by atoms with van der Waals surface area (Å²) >= 11 is 5.93. The van der Waals surface area contributed by atoms with E-state index in [1.54, 1.807) is 0 Å². The van der Waals surface area contributed by atoms with Crippen LogP contribution in [0.2, 0.25) is 5.28 Å². The molecule has 0 N–H and O–H groups in total. The molecule has 1 aromatic rings. The molecule has 1 fully saturated rings. The predicted molar refractivity (Wildman–Crippen MR) is 62.8 cm³/mol. The average Bonchev–Trinajstić information content (AvgIpc) is 2.77. The molecule has 0 aromatic carbocycles. The van der Waals surface area contributed by atoms with E-state index in [1.807, 2.05) is 6.08 Å². The van der Waals surface area contributed by atoms with E-state index in [1.165, 1.54) is 5.56 Å². The molecule has 16 heavy (non-hydrogen) atoms. The third-order valence-electron chi connectivity index (χ3n) is 2.90. The van der Waals surface area contributed by atoms with Crippen molar-refractivity contribution in [2.75, 3.05) is 31.2 Å². The lowest BCUT2D eigenvalue weighted by Gasteiger charge is -2.29. The predicted octanol–water partition coefficient (Wildman–Crippen LogP) is 1.54. The molecule has 0 amide bonds. The molecule has 0 saturated carbocycles. The average molecular weight is 238 g/mol. The topological polar surface area (TPSA) is 38.2 Å². The molecule has 1 aliphatic carbocycles. The van der Waals surface area contributed by atoms with Crippen LogP contribution in [0, 0.1) is 0 Å². The van der Waals surface area contributed by atoms with Crippen LogP contribution in [0.4, 0.5) is 5.82 Å². The van der Waals surface area contributed by atoms with Crippen molar-refractivity contribution in [3.63, 3.8) is 0 Å². The van der Waals surface area contributed by atoms with Crippen LogP contribution in [0.1, 0.15) is 11.3 Å². The standard InChI is InChI=1S/C11H12ClN3O/c12-11-13-9-3-1-2-8(9)10(14-11)15-4-6-16-7-5-15/h1,3H,2,4-7H2. The van der Waals surface area contributed by atoms with E-state index in [0.717, 1.165) is 44.2 Å². The van der Waals surface area contributed by atoms with E-state index < -0.39 is 0 Å². The van der Waals surface area contributed by atoms with Crippen LogP contribution in [-0.2, 0) is 11.2 Å². The highest BCUT2D eigenvalue weighted by molar-refractivity contribution is 6.28. The zero-order valence-corrected chi connectivity index (χ0v) is 9.57. The van der Waals surface area contributed by atoms with Gasteiger partial charge in [0.1, 0.15) is 5.82 Å². The molecule has 0 spiro atoms. The summed E-state index contributed by atoms with van der Waals surface area (Å²) in [5, 5.41) is 0.326. The van der Waals surface area contributed by atoms with Crippen molar-refractivity contribution in [2.45, 2.75) is 6.42 Å². The van der Waals surface area contributed by atoms with Gasteiger partial charge in [-0.15, -0.1) is 0 Å². The maximum absolute atomic E-state index is 5.93. The maximum atomic E-state index is 5.93. The third kappa shape index (κ3) is 1.68. The number of anilines is 1. The van der Waals surface area contributed by atoms with Crippen molar-refractivity contribution in [2.24, 2.45) is 0 Å². The second-order valence-electron chi connectivity index (χ2n) is 3.89. The number of morpholine rings is 1. The van der Waals surface area contributed by atoms with Gasteiger partial charge in [-0.3, -0.25) is 0 Å². The summed E-state index contributed by atoms with van der Waals surface area (Å²) in [4.78, 5) is 10.8. The van der Waals surface area contributed by atoms with E-state index in [9.17, 15) is 0 Å². The van der Waals surface area contributed by atoms with Gasteiger partial charge in [0.2, 0.25) is 5.28 Å². The highest BCUT2D eigenvalue weighted by Crippen LogP contribution is 2.28. The van der Waals surface area contributed by atoms with Crippen molar-refractivity contribution in [3.8, 4) is 0 Å². The number of fused-ring (bicyclic) bond motifs is 1. The van der Waals surface area contributed by atoms with Crippen molar-refractivity contribution >= 4 is 23.5 Å². The summed E-state index contributed by atoms with van der Waals surface area (Å²) in [6.45, 7) is 3.26. The fourth-order valence-corrected chi connectivity index (χ4v) is 2.29.